The predicted octanol–water partition coefficient (Wildman–Crippen LogP) is 1.92. The molecule has 23 heavy (non-hydrogen) atoms. The molecule has 1 saturated carbocycles. The smallest absolute Gasteiger partial charge is 0.241 e. The van der Waals surface area contributed by atoms with Gasteiger partial charge in [-0.3, -0.25) is 9.59 Å². The Morgan fingerprint density at radius 1 is 1.00 bits per heavy atom. The van der Waals surface area contributed by atoms with Gasteiger partial charge in [-0.1, -0.05) is 33.6 Å². The third-order valence-electron chi connectivity index (χ3n) is 5.30. The summed E-state index contributed by atoms with van der Waals surface area (Å²) in [5, 5.41) is 6.19. The van der Waals surface area contributed by atoms with Crippen molar-refractivity contribution < 1.29 is 9.59 Å². The lowest BCUT2D eigenvalue weighted by atomic mass is 9.69. The van der Waals surface area contributed by atoms with Crippen molar-refractivity contribution >= 4 is 11.8 Å². The van der Waals surface area contributed by atoms with E-state index in [-0.39, 0.29) is 23.8 Å². The molecule has 0 aromatic rings. The maximum atomic E-state index is 12.0. The topological polar surface area (TPSA) is 61.4 Å². The van der Waals surface area contributed by atoms with Gasteiger partial charge in [0.15, 0.2) is 0 Å². The molecule has 2 atom stereocenters. The van der Waals surface area contributed by atoms with Gasteiger partial charge in [-0.05, 0) is 37.0 Å². The molecule has 0 unspecified atom stereocenters. The molecule has 5 nitrogen and oxygen atoms in total. The van der Waals surface area contributed by atoms with Crippen LogP contribution in [-0.4, -0.2) is 48.9 Å². The molecule has 1 heterocycles. The molecule has 132 valence electrons. The third kappa shape index (κ3) is 5.48. The Bertz CT molecular complexity index is 411. The fourth-order valence-electron chi connectivity index (χ4n) is 3.95. The van der Waals surface area contributed by atoms with Gasteiger partial charge in [0.05, 0.1) is 13.1 Å². The Morgan fingerprint density at radius 3 is 2.30 bits per heavy atom. The fourth-order valence-corrected chi connectivity index (χ4v) is 3.95. The SMILES string of the molecule is CC(C)(C)[C@@H]1CCCC[C@H]1NCC(=O)NCC(=O)N1CCCC1. The second-order valence-electron chi connectivity index (χ2n) is 8.11. The quantitative estimate of drug-likeness (QED) is 0.812. The van der Waals surface area contributed by atoms with E-state index in [0.29, 0.717) is 18.5 Å². The Morgan fingerprint density at radius 2 is 1.65 bits per heavy atom. The maximum Gasteiger partial charge on any atom is 0.241 e. The van der Waals surface area contributed by atoms with Crippen LogP contribution >= 0.6 is 0 Å². The second kappa shape index (κ2) is 8.13. The van der Waals surface area contributed by atoms with Crippen molar-refractivity contribution in [2.24, 2.45) is 11.3 Å². The molecule has 1 saturated heterocycles. The maximum absolute atomic E-state index is 12.0. The molecule has 5 heteroatoms. The van der Waals surface area contributed by atoms with E-state index in [2.05, 4.69) is 31.4 Å². The van der Waals surface area contributed by atoms with Gasteiger partial charge in [-0.2, -0.15) is 0 Å². The molecular formula is C18H33N3O2. The first-order valence-electron chi connectivity index (χ1n) is 9.16. The van der Waals surface area contributed by atoms with Crippen LogP contribution < -0.4 is 10.6 Å². The summed E-state index contributed by atoms with van der Waals surface area (Å²) >= 11 is 0. The van der Waals surface area contributed by atoms with E-state index in [1.807, 2.05) is 4.90 Å². The summed E-state index contributed by atoms with van der Waals surface area (Å²) in [6.07, 6.45) is 7.06. The van der Waals surface area contributed by atoms with E-state index < -0.39 is 0 Å². The molecule has 0 aromatic carbocycles. The van der Waals surface area contributed by atoms with Gasteiger partial charge in [0.1, 0.15) is 0 Å². The zero-order chi connectivity index (χ0) is 16.9. The van der Waals surface area contributed by atoms with Crippen LogP contribution in [-0.2, 0) is 9.59 Å². The van der Waals surface area contributed by atoms with Crippen molar-refractivity contribution in [2.75, 3.05) is 26.2 Å². The first kappa shape index (κ1) is 18.2. The molecular weight excluding hydrogens is 290 g/mol. The number of carbonyl (C=O) groups excluding carboxylic acids is 2. The van der Waals surface area contributed by atoms with Gasteiger partial charge in [0, 0.05) is 19.1 Å². The van der Waals surface area contributed by atoms with Gasteiger partial charge in [0.25, 0.3) is 0 Å². The highest BCUT2D eigenvalue weighted by Crippen LogP contribution is 2.37. The number of likely N-dealkylation sites (tertiary alicyclic amines) is 1. The van der Waals surface area contributed by atoms with Crippen LogP contribution in [0.1, 0.15) is 59.3 Å². The van der Waals surface area contributed by atoms with Crippen molar-refractivity contribution in [3.63, 3.8) is 0 Å². The third-order valence-corrected chi connectivity index (χ3v) is 5.30. The fraction of sp³-hybridized carbons (Fsp3) is 0.889. The summed E-state index contributed by atoms with van der Waals surface area (Å²) in [6.45, 7) is 8.97. The van der Waals surface area contributed by atoms with Crippen molar-refractivity contribution in [3.05, 3.63) is 0 Å². The zero-order valence-corrected chi connectivity index (χ0v) is 15.0. The summed E-state index contributed by atoms with van der Waals surface area (Å²) in [7, 11) is 0. The largest absolute Gasteiger partial charge is 0.346 e. The number of carbonyl (C=O) groups is 2. The van der Waals surface area contributed by atoms with Crippen LogP contribution in [0.5, 0.6) is 0 Å². The molecule has 1 aliphatic heterocycles. The molecule has 1 aliphatic carbocycles. The van der Waals surface area contributed by atoms with Crippen LogP contribution in [0.3, 0.4) is 0 Å². The van der Waals surface area contributed by atoms with E-state index in [1.165, 1.54) is 19.3 Å². The van der Waals surface area contributed by atoms with Crippen molar-refractivity contribution in [3.8, 4) is 0 Å². The van der Waals surface area contributed by atoms with Crippen molar-refractivity contribution in [1.29, 1.82) is 0 Å². The van der Waals surface area contributed by atoms with Crippen molar-refractivity contribution in [2.45, 2.75) is 65.3 Å². The van der Waals surface area contributed by atoms with Crippen LogP contribution in [0, 0.1) is 11.3 Å². The normalized spacial score (nSPS) is 25.4. The lowest BCUT2D eigenvalue weighted by molar-refractivity contribution is -0.131. The highest BCUT2D eigenvalue weighted by molar-refractivity contribution is 5.85. The summed E-state index contributed by atoms with van der Waals surface area (Å²) < 4.78 is 0. The van der Waals surface area contributed by atoms with E-state index >= 15 is 0 Å². The average Bonchev–Trinajstić information content (AvgIpc) is 3.04. The minimum atomic E-state index is -0.0734. The molecule has 2 rings (SSSR count). The first-order chi connectivity index (χ1) is 10.9. The molecule has 0 aromatic heterocycles. The summed E-state index contributed by atoms with van der Waals surface area (Å²) in [4.78, 5) is 25.8. The van der Waals surface area contributed by atoms with Crippen LogP contribution in [0.4, 0.5) is 0 Å². The number of hydrogen-bond acceptors (Lipinski definition) is 3. The Kier molecular flexibility index (Phi) is 6.45. The van der Waals surface area contributed by atoms with E-state index in [9.17, 15) is 9.59 Å². The van der Waals surface area contributed by atoms with Crippen LogP contribution in [0.2, 0.25) is 0 Å². The van der Waals surface area contributed by atoms with E-state index in [1.54, 1.807) is 0 Å². The lowest BCUT2D eigenvalue weighted by Gasteiger charge is -2.40. The molecule has 2 N–H and O–H groups in total. The number of amides is 2. The van der Waals surface area contributed by atoms with E-state index in [0.717, 1.165) is 32.4 Å². The predicted molar refractivity (Wildman–Crippen MR) is 92.0 cm³/mol. The minimum Gasteiger partial charge on any atom is -0.346 e. The average molecular weight is 323 g/mol. The highest BCUT2D eigenvalue weighted by Gasteiger charge is 2.34. The lowest BCUT2D eigenvalue weighted by Crippen LogP contribution is -2.48. The van der Waals surface area contributed by atoms with Crippen LogP contribution in [0.25, 0.3) is 0 Å². The second-order valence-corrected chi connectivity index (χ2v) is 8.11. The molecule has 0 spiro atoms. The number of hydrogen-bond donors (Lipinski definition) is 2. The number of nitrogens with one attached hydrogen (secondary N) is 2. The Hall–Kier alpha value is -1.10. The van der Waals surface area contributed by atoms with E-state index in [4.69, 9.17) is 0 Å². The highest BCUT2D eigenvalue weighted by atomic mass is 16.2. The van der Waals surface area contributed by atoms with Gasteiger partial charge in [-0.15, -0.1) is 0 Å². The minimum absolute atomic E-state index is 0.0427. The summed E-state index contributed by atoms with van der Waals surface area (Å²) in [6, 6.07) is 0.406. The van der Waals surface area contributed by atoms with Crippen LogP contribution in [0.15, 0.2) is 0 Å². The Balaban J connectivity index is 1.71. The van der Waals surface area contributed by atoms with Gasteiger partial charge in [-0.25, -0.2) is 0 Å². The van der Waals surface area contributed by atoms with Gasteiger partial charge in [0.2, 0.25) is 11.8 Å². The summed E-state index contributed by atoms with van der Waals surface area (Å²) in [5.41, 5.74) is 0.264. The standard InChI is InChI=1S/C18H33N3O2/c1-18(2,3)14-8-4-5-9-15(14)19-12-16(22)20-13-17(23)21-10-6-7-11-21/h14-15,19H,4-13H2,1-3H3,(H,20,22)/t14-,15-/m1/s1. The molecule has 0 bridgehead atoms. The molecule has 0 radical (unpaired) electrons. The molecule has 2 amide bonds. The van der Waals surface area contributed by atoms with Gasteiger partial charge >= 0.3 is 0 Å². The molecule has 2 fully saturated rings. The van der Waals surface area contributed by atoms with Crippen molar-refractivity contribution in [1.82, 2.24) is 15.5 Å². The monoisotopic (exact) mass is 323 g/mol. The summed E-state index contributed by atoms with van der Waals surface area (Å²) in [5.74, 6) is 0.576. The zero-order valence-electron chi connectivity index (χ0n) is 15.0. The number of rotatable bonds is 5. The van der Waals surface area contributed by atoms with Gasteiger partial charge < -0.3 is 15.5 Å². The number of nitrogens with zero attached hydrogens (tertiary/aromatic N) is 1. The first-order valence-corrected chi connectivity index (χ1v) is 9.16. The molecule has 2 aliphatic rings. The Labute approximate surface area is 140 Å².